The van der Waals surface area contributed by atoms with E-state index in [0.717, 1.165) is 22.4 Å². The second kappa shape index (κ2) is 8.91. The first-order valence-electron chi connectivity index (χ1n) is 8.72. The van der Waals surface area contributed by atoms with Crippen LogP contribution in [0.2, 0.25) is 5.02 Å². The van der Waals surface area contributed by atoms with Crippen molar-refractivity contribution < 1.29 is 14.3 Å². The highest BCUT2D eigenvalue weighted by Gasteiger charge is 2.16. The molecular formula is C21H25ClN2O3. The number of aryl methyl sites for hydroxylation is 3. The van der Waals surface area contributed by atoms with Gasteiger partial charge in [-0.2, -0.15) is 0 Å². The Kier molecular flexibility index (Phi) is 6.86. The molecule has 0 radical (unpaired) electrons. The van der Waals surface area contributed by atoms with Gasteiger partial charge >= 0.3 is 0 Å². The van der Waals surface area contributed by atoms with Crippen LogP contribution >= 0.6 is 11.6 Å². The van der Waals surface area contributed by atoms with Crippen LogP contribution in [0.15, 0.2) is 30.3 Å². The van der Waals surface area contributed by atoms with E-state index in [-0.39, 0.29) is 18.2 Å². The van der Waals surface area contributed by atoms with Crippen molar-refractivity contribution in [1.29, 1.82) is 0 Å². The summed E-state index contributed by atoms with van der Waals surface area (Å²) in [4.78, 5) is 26.1. The minimum absolute atomic E-state index is 0.106. The summed E-state index contributed by atoms with van der Waals surface area (Å²) in [7, 11) is 1.52. The molecule has 0 aliphatic rings. The minimum Gasteiger partial charge on any atom is -0.495 e. The van der Waals surface area contributed by atoms with E-state index in [9.17, 15) is 9.59 Å². The van der Waals surface area contributed by atoms with Gasteiger partial charge in [0, 0.05) is 36.7 Å². The van der Waals surface area contributed by atoms with Crippen molar-refractivity contribution in [2.75, 3.05) is 23.9 Å². The van der Waals surface area contributed by atoms with E-state index in [1.807, 2.05) is 39.0 Å². The molecule has 5 nitrogen and oxygen atoms in total. The number of benzene rings is 2. The molecule has 0 heterocycles. The summed E-state index contributed by atoms with van der Waals surface area (Å²) in [6.07, 6.45) is 0.164. The summed E-state index contributed by atoms with van der Waals surface area (Å²) < 4.78 is 5.28. The molecule has 0 spiro atoms. The zero-order valence-corrected chi connectivity index (χ0v) is 17.1. The maximum absolute atomic E-state index is 12.4. The zero-order chi connectivity index (χ0) is 20.1. The van der Waals surface area contributed by atoms with Crippen molar-refractivity contribution in [3.05, 3.63) is 52.0 Å². The predicted molar refractivity (Wildman–Crippen MR) is 110 cm³/mol. The van der Waals surface area contributed by atoms with Crippen molar-refractivity contribution in [3.8, 4) is 5.75 Å². The summed E-state index contributed by atoms with van der Waals surface area (Å²) in [5, 5.41) is 3.41. The SMILES string of the molecule is COc1cc(Cl)c(C)cc1NC(=O)CCN(C(C)=O)c1ccc(C)c(C)c1. The smallest absolute Gasteiger partial charge is 0.226 e. The van der Waals surface area contributed by atoms with Crippen LogP contribution in [0.5, 0.6) is 5.75 Å². The number of ether oxygens (including phenoxy) is 1. The number of hydrogen-bond donors (Lipinski definition) is 1. The number of halogens is 1. The van der Waals surface area contributed by atoms with Crippen LogP contribution in [0.1, 0.15) is 30.0 Å². The molecule has 0 unspecified atom stereocenters. The number of carbonyl (C=O) groups is 2. The summed E-state index contributed by atoms with van der Waals surface area (Å²) >= 11 is 6.09. The lowest BCUT2D eigenvalue weighted by atomic mass is 10.1. The number of amides is 2. The van der Waals surface area contributed by atoms with E-state index in [1.54, 1.807) is 17.0 Å². The molecular weight excluding hydrogens is 364 g/mol. The highest BCUT2D eigenvalue weighted by Crippen LogP contribution is 2.31. The van der Waals surface area contributed by atoms with Gasteiger partial charge in [0.2, 0.25) is 11.8 Å². The molecule has 144 valence electrons. The fourth-order valence-corrected chi connectivity index (χ4v) is 2.87. The van der Waals surface area contributed by atoms with Crippen LogP contribution in [0, 0.1) is 20.8 Å². The van der Waals surface area contributed by atoms with Crippen LogP contribution in [0.4, 0.5) is 11.4 Å². The van der Waals surface area contributed by atoms with E-state index < -0.39 is 0 Å². The Balaban J connectivity index is 2.09. The second-order valence-electron chi connectivity index (χ2n) is 6.54. The van der Waals surface area contributed by atoms with Crippen molar-refractivity contribution in [3.63, 3.8) is 0 Å². The van der Waals surface area contributed by atoms with E-state index in [1.165, 1.54) is 14.0 Å². The van der Waals surface area contributed by atoms with Gasteiger partial charge in [0.05, 0.1) is 12.8 Å². The van der Waals surface area contributed by atoms with Gasteiger partial charge in [-0.25, -0.2) is 0 Å². The molecule has 6 heteroatoms. The van der Waals surface area contributed by atoms with Crippen LogP contribution in [-0.4, -0.2) is 25.5 Å². The fraction of sp³-hybridized carbons (Fsp3) is 0.333. The lowest BCUT2D eigenvalue weighted by molar-refractivity contribution is -0.117. The highest BCUT2D eigenvalue weighted by molar-refractivity contribution is 6.31. The molecule has 0 aliphatic heterocycles. The molecule has 2 aromatic rings. The maximum atomic E-state index is 12.4. The number of anilines is 2. The lowest BCUT2D eigenvalue weighted by Gasteiger charge is -2.22. The summed E-state index contributed by atoms with van der Waals surface area (Å²) in [5.41, 5.74) is 4.45. The van der Waals surface area contributed by atoms with Gasteiger partial charge < -0.3 is 15.0 Å². The maximum Gasteiger partial charge on any atom is 0.226 e. The Hall–Kier alpha value is -2.53. The summed E-state index contributed by atoms with van der Waals surface area (Å²) in [6, 6.07) is 9.27. The van der Waals surface area contributed by atoms with Gasteiger partial charge in [0.25, 0.3) is 0 Å². The lowest BCUT2D eigenvalue weighted by Crippen LogP contribution is -2.32. The molecule has 0 aliphatic carbocycles. The number of methoxy groups -OCH3 is 1. The Bertz CT molecular complexity index is 865. The second-order valence-corrected chi connectivity index (χ2v) is 6.95. The number of hydrogen-bond acceptors (Lipinski definition) is 3. The Morgan fingerprint density at radius 1 is 1.07 bits per heavy atom. The molecule has 0 atom stereocenters. The molecule has 2 amide bonds. The predicted octanol–water partition coefficient (Wildman–Crippen LogP) is 4.66. The average Bonchev–Trinajstić information content (AvgIpc) is 2.60. The zero-order valence-electron chi connectivity index (χ0n) is 16.4. The van der Waals surface area contributed by atoms with Gasteiger partial charge in [-0.1, -0.05) is 17.7 Å². The number of nitrogens with one attached hydrogen (secondary N) is 1. The number of rotatable bonds is 6. The first-order chi connectivity index (χ1) is 12.7. The first-order valence-corrected chi connectivity index (χ1v) is 9.10. The molecule has 27 heavy (non-hydrogen) atoms. The molecule has 2 aromatic carbocycles. The van der Waals surface area contributed by atoms with Gasteiger partial charge in [-0.05, 0) is 55.7 Å². The Morgan fingerprint density at radius 3 is 2.37 bits per heavy atom. The molecule has 0 aromatic heterocycles. The third-order valence-corrected chi connectivity index (χ3v) is 4.91. The van der Waals surface area contributed by atoms with Crippen molar-refractivity contribution in [2.45, 2.75) is 34.1 Å². The van der Waals surface area contributed by atoms with E-state index in [0.29, 0.717) is 23.0 Å². The van der Waals surface area contributed by atoms with Crippen molar-refractivity contribution in [1.82, 2.24) is 0 Å². The topological polar surface area (TPSA) is 58.6 Å². The van der Waals surface area contributed by atoms with Crippen molar-refractivity contribution in [2.24, 2.45) is 0 Å². The molecule has 0 bridgehead atoms. The Labute approximate surface area is 165 Å². The van der Waals surface area contributed by atoms with E-state index >= 15 is 0 Å². The van der Waals surface area contributed by atoms with E-state index in [4.69, 9.17) is 16.3 Å². The Morgan fingerprint density at radius 2 is 1.78 bits per heavy atom. The normalized spacial score (nSPS) is 10.4. The molecule has 0 saturated carbocycles. The first kappa shape index (κ1) is 20.8. The number of nitrogens with zero attached hydrogens (tertiary/aromatic N) is 1. The van der Waals surface area contributed by atoms with Gasteiger partial charge in [-0.15, -0.1) is 0 Å². The monoisotopic (exact) mass is 388 g/mol. The standard InChI is InChI=1S/C21H25ClN2O3/c1-13-6-7-17(10-14(13)2)24(16(4)25)9-8-21(26)23-19-11-15(3)18(22)12-20(19)27-5/h6-7,10-12H,8-9H2,1-5H3,(H,23,26). The third-order valence-electron chi connectivity index (χ3n) is 4.50. The van der Waals surface area contributed by atoms with Crippen LogP contribution < -0.4 is 15.0 Å². The van der Waals surface area contributed by atoms with Crippen LogP contribution in [-0.2, 0) is 9.59 Å². The van der Waals surface area contributed by atoms with Crippen LogP contribution in [0.3, 0.4) is 0 Å². The van der Waals surface area contributed by atoms with Gasteiger partial charge in [-0.3, -0.25) is 9.59 Å². The van der Waals surface area contributed by atoms with Crippen LogP contribution in [0.25, 0.3) is 0 Å². The molecule has 0 saturated heterocycles. The van der Waals surface area contributed by atoms with E-state index in [2.05, 4.69) is 5.32 Å². The quantitative estimate of drug-likeness (QED) is 0.783. The summed E-state index contributed by atoms with van der Waals surface area (Å²) in [6.45, 7) is 7.66. The largest absolute Gasteiger partial charge is 0.495 e. The van der Waals surface area contributed by atoms with Crippen molar-refractivity contribution >= 4 is 34.8 Å². The summed E-state index contributed by atoms with van der Waals surface area (Å²) in [5.74, 6) is 0.188. The van der Waals surface area contributed by atoms with Gasteiger partial charge in [0.1, 0.15) is 5.75 Å². The molecule has 1 N–H and O–H groups in total. The van der Waals surface area contributed by atoms with Gasteiger partial charge in [0.15, 0.2) is 0 Å². The number of carbonyl (C=O) groups excluding carboxylic acids is 2. The molecule has 0 fully saturated rings. The minimum atomic E-state index is -0.204. The highest BCUT2D eigenvalue weighted by atomic mass is 35.5. The fourth-order valence-electron chi connectivity index (χ4n) is 2.72. The average molecular weight is 389 g/mol. The third kappa shape index (κ3) is 5.23. The molecule has 2 rings (SSSR count).